The third-order valence-electron chi connectivity index (χ3n) is 2.69. The number of allylic oxidation sites excluding steroid dienone is 4. The van der Waals surface area contributed by atoms with Gasteiger partial charge in [-0.2, -0.15) is 0 Å². The molecular weight excluding hydrogens is 388 g/mol. The number of aliphatic hydroxyl groups is 2. The molecule has 0 aromatic rings. The van der Waals surface area contributed by atoms with Gasteiger partial charge in [-0.25, -0.2) is 0 Å². The minimum absolute atomic E-state index is 0. The summed E-state index contributed by atoms with van der Waals surface area (Å²) in [5.74, 6) is -4.73. The molecule has 6 N–H and O–H groups in total. The predicted molar refractivity (Wildman–Crippen MR) is 73.6 cm³/mol. The zero-order chi connectivity index (χ0) is 18.3. The van der Waals surface area contributed by atoms with E-state index in [1.807, 2.05) is 0 Å². The van der Waals surface area contributed by atoms with Gasteiger partial charge >= 0.3 is 0 Å². The summed E-state index contributed by atoms with van der Waals surface area (Å²) >= 11 is 0. The second kappa shape index (κ2) is 10.0. The van der Waals surface area contributed by atoms with Crippen molar-refractivity contribution in [2.45, 2.75) is 0 Å². The first-order valence-corrected chi connectivity index (χ1v) is 6.19. The topological polar surface area (TPSA) is 185 Å². The van der Waals surface area contributed by atoms with Crippen molar-refractivity contribution in [2.24, 2.45) is 0 Å². The monoisotopic (exact) mass is 399 g/mol. The molecule has 0 bridgehead atoms. The molecule has 1 radical (unpaired) electrons. The van der Waals surface area contributed by atoms with Gasteiger partial charge in [0.2, 0.25) is 11.6 Å². The third-order valence-corrected chi connectivity index (χ3v) is 2.69. The molecule has 0 aromatic heterocycles. The predicted octanol–water partition coefficient (Wildman–Crippen LogP) is -1.77. The Balaban J connectivity index is 0.000000443. The summed E-state index contributed by atoms with van der Waals surface area (Å²) in [4.78, 5) is 21.3. The summed E-state index contributed by atoms with van der Waals surface area (Å²) in [7, 11) is 0. The maximum atomic E-state index is 10.9. The number of aliphatic hydroxyl groups excluding tert-OH is 2. The van der Waals surface area contributed by atoms with Gasteiger partial charge in [0.05, 0.1) is 0 Å². The van der Waals surface area contributed by atoms with Crippen LogP contribution in [0, 0.1) is 0 Å². The quantitative estimate of drug-likeness (QED) is 0.229. The van der Waals surface area contributed by atoms with E-state index in [4.69, 9.17) is 20.6 Å². The van der Waals surface area contributed by atoms with Gasteiger partial charge in [0, 0.05) is 29.5 Å². The molecule has 0 heterocycles. The van der Waals surface area contributed by atoms with E-state index in [2.05, 4.69) is 0 Å². The second-order valence-electron chi connectivity index (χ2n) is 4.21. The molecule has 11 heteroatoms. The molecule has 25 heavy (non-hydrogen) atoms. The number of nitrogens with one attached hydrogen (secondary N) is 2. The van der Waals surface area contributed by atoms with Crippen molar-refractivity contribution in [3.63, 3.8) is 0 Å². The first-order valence-electron chi connectivity index (χ1n) is 6.19. The molecule has 0 aliphatic heterocycles. The zero-order valence-electron chi connectivity index (χ0n) is 12.2. The Morgan fingerprint density at radius 3 is 1.36 bits per heavy atom. The van der Waals surface area contributed by atoms with Gasteiger partial charge in [0.15, 0.2) is 11.5 Å². The Labute approximate surface area is 151 Å². The standard InChI is InChI=1S/2C7H7NO4.Cu/c2*9-5-2-1-4(3-8-12)6(10)7(5)11;/h2*1-3,8,10-12H;/p-2/b2*4-3-;. The van der Waals surface area contributed by atoms with Crippen molar-refractivity contribution in [3.05, 3.63) is 70.9 Å². The number of carbonyl (C=O) groups excluding carboxylic acids is 2. The van der Waals surface area contributed by atoms with Crippen LogP contribution < -0.4 is 21.2 Å². The fourth-order valence-electron chi connectivity index (χ4n) is 1.50. The van der Waals surface area contributed by atoms with Crippen LogP contribution in [0.5, 0.6) is 0 Å². The van der Waals surface area contributed by atoms with Crippen LogP contribution in [0.2, 0.25) is 0 Å². The largest absolute Gasteiger partial charge is 0.869 e. The smallest absolute Gasteiger partial charge is 0.219 e. The van der Waals surface area contributed by atoms with Crippen LogP contribution in [0.25, 0.3) is 0 Å². The summed E-state index contributed by atoms with van der Waals surface area (Å²) in [6, 6.07) is 0. The van der Waals surface area contributed by atoms with Crippen LogP contribution in [0.15, 0.2) is 70.9 Å². The first-order chi connectivity index (χ1) is 11.3. The van der Waals surface area contributed by atoms with Crippen LogP contribution in [0.1, 0.15) is 0 Å². The Bertz CT molecular complexity index is 669. The molecule has 2 rings (SSSR count). The molecule has 139 valence electrons. The summed E-state index contributed by atoms with van der Waals surface area (Å²) < 4.78 is 0. The number of rotatable bonds is 2. The average molecular weight is 400 g/mol. The van der Waals surface area contributed by atoms with Gasteiger partial charge in [0.1, 0.15) is 0 Å². The molecule has 0 amide bonds. The number of carbonyl (C=O) groups is 2. The zero-order valence-corrected chi connectivity index (χ0v) is 13.1. The van der Waals surface area contributed by atoms with Gasteiger partial charge in [-0.05, 0) is 35.5 Å². The Hall–Kier alpha value is -2.98. The van der Waals surface area contributed by atoms with E-state index in [-0.39, 0.29) is 28.2 Å². The maximum absolute atomic E-state index is 10.9. The molecule has 0 atom stereocenters. The number of hydrogen-bond donors (Lipinski definition) is 6. The number of ketones is 2. The molecule has 0 saturated heterocycles. The molecule has 2 aliphatic rings. The molecular formula is C14H12CuN2O8-2. The van der Waals surface area contributed by atoms with E-state index >= 15 is 0 Å². The number of hydroxylamine groups is 2. The van der Waals surface area contributed by atoms with Gasteiger partial charge in [0.25, 0.3) is 0 Å². The fraction of sp³-hybridized carbons (Fsp3) is 0. The first kappa shape index (κ1) is 22.0. The van der Waals surface area contributed by atoms with Gasteiger partial charge in [-0.3, -0.25) is 31.0 Å². The Kier molecular flexibility index (Phi) is 8.81. The minimum Gasteiger partial charge on any atom is -0.869 e. The Morgan fingerprint density at radius 1 is 0.760 bits per heavy atom. The maximum Gasteiger partial charge on any atom is 0.219 e. The van der Waals surface area contributed by atoms with Crippen molar-refractivity contribution in [1.82, 2.24) is 11.0 Å². The summed E-state index contributed by atoms with van der Waals surface area (Å²) in [5, 5.41) is 56.0. The second-order valence-corrected chi connectivity index (χ2v) is 4.21. The SMILES string of the molecule is O=C1C=C/C(=C/NO)C([O-])=C1O.O=C1C=C/C(=C/NO)C([O-])=C1O.[Cu]. The normalized spacial score (nSPS) is 19.6. The van der Waals surface area contributed by atoms with Crippen molar-refractivity contribution < 1.29 is 57.5 Å². The van der Waals surface area contributed by atoms with E-state index in [0.717, 1.165) is 24.6 Å². The molecule has 0 fully saturated rings. The van der Waals surface area contributed by atoms with E-state index in [1.54, 1.807) is 11.0 Å². The van der Waals surface area contributed by atoms with Crippen LogP contribution in [0.4, 0.5) is 0 Å². The Morgan fingerprint density at radius 2 is 1.08 bits per heavy atom. The summed E-state index contributed by atoms with van der Waals surface area (Å²) in [6.07, 6.45) is 6.43. The molecule has 2 aliphatic carbocycles. The third kappa shape index (κ3) is 5.55. The van der Waals surface area contributed by atoms with Gasteiger partial charge < -0.3 is 20.4 Å². The van der Waals surface area contributed by atoms with Crippen molar-refractivity contribution in [2.75, 3.05) is 0 Å². The summed E-state index contributed by atoms with van der Waals surface area (Å²) in [6.45, 7) is 0. The van der Waals surface area contributed by atoms with Crippen LogP contribution in [-0.4, -0.2) is 32.2 Å². The van der Waals surface area contributed by atoms with Crippen LogP contribution in [0.3, 0.4) is 0 Å². The molecule has 0 aromatic carbocycles. The molecule has 0 spiro atoms. The fourth-order valence-corrected chi connectivity index (χ4v) is 1.50. The van der Waals surface area contributed by atoms with Gasteiger partial charge in [-0.15, -0.1) is 0 Å². The summed E-state index contributed by atoms with van der Waals surface area (Å²) in [5.41, 5.74) is 3.31. The van der Waals surface area contributed by atoms with Crippen molar-refractivity contribution in [3.8, 4) is 0 Å². The van der Waals surface area contributed by atoms with Crippen LogP contribution in [-0.2, 0) is 26.7 Å². The van der Waals surface area contributed by atoms with E-state index in [0.29, 0.717) is 0 Å². The minimum atomic E-state index is -0.834. The van der Waals surface area contributed by atoms with Gasteiger partial charge in [-0.1, -0.05) is 11.5 Å². The van der Waals surface area contributed by atoms with E-state index < -0.39 is 34.6 Å². The average Bonchev–Trinajstić information content (AvgIpc) is 2.57. The molecule has 0 saturated carbocycles. The van der Waals surface area contributed by atoms with E-state index in [9.17, 15) is 19.8 Å². The van der Waals surface area contributed by atoms with Crippen molar-refractivity contribution >= 4 is 11.6 Å². The number of hydrogen-bond acceptors (Lipinski definition) is 10. The molecule has 10 nitrogen and oxygen atoms in total. The van der Waals surface area contributed by atoms with E-state index in [1.165, 1.54) is 12.2 Å². The van der Waals surface area contributed by atoms with Crippen molar-refractivity contribution in [1.29, 1.82) is 0 Å². The van der Waals surface area contributed by atoms with Crippen LogP contribution >= 0.6 is 0 Å². The molecule has 0 unspecified atom stereocenters.